The fourth-order valence-corrected chi connectivity index (χ4v) is 6.40. The van der Waals surface area contributed by atoms with Crippen LogP contribution in [0.2, 0.25) is 0 Å². The Bertz CT molecular complexity index is 1540. The smallest absolute Gasteiger partial charge is 0.255 e. The number of hydrogen-bond acceptors (Lipinski definition) is 9. The first kappa shape index (κ1) is 27.1. The second kappa shape index (κ2) is 9.61. The van der Waals surface area contributed by atoms with E-state index in [1.165, 1.54) is 11.0 Å². The maximum absolute atomic E-state index is 13.9. The molecule has 0 unspecified atom stereocenters. The number of ketones is 2. The number of amides is 1. The van der Waals surface area contributed by atoms with Crippen LogP contribution in [0, 0.1) is 11.8 Å². The Morgan fingerprint density at radius 1 is 1.12 bits per heavy atom. The number of carbonyl (C=O) groups is 3. The van der Waals surface area contributed by atoms with Gasteiger partial charge in [0.2, 0.25) is 5.78 Å². The van der Waals surface area contributed by atoms with Gasteiger partial charge in [-0.1, -0.05) is 18.2 Å². The number of aliphatic hydroxyl groups is 3. The summed E-state index contributed by atoms with van der Waals surface area (Å²) >= 11 is 0. The zero-order valence-corrected chi connectivity index (χ0v) is 22.2. The number of phenols is 1. The van der Waals surface area contributed by atoms with E-state index < -0.39 is 58.0 Å². The molecule has 1 saturated carbocycles. The van der Waals surface area contributed by atoms with Crippen LogP contribution in [0.3, 0.4) is 0 Å². The van der Waals surface area contributed by atoms with Crippen molar-refractivity contribution in [3.05, 3.63) is 64.4 Å². The van der Waals surface area contributed by atoms with Gasteiger partial charge < -0.3 is 31.5 Å². The molecule has 7 N–H and O–H groups in total. The maximum atomic E-state index is 13.9. The van der Waals surface area contributed by atoms with Crippen LogP contribution in [0.5, 0.6) is 5.75 Å². The normalized spacial score (nSPS) is 26.2. The molecule has 11 nitrogen and oxygen atoms in total. The highest BCUT2D eigenvalue weighted by Crippen LogP contribution is 2.53. The second-order valence-corrected chi connectivity index (χ2v) is 10.6. The first-order chi connectivity index (χ1) is 18.9. The molecule has 0 aromatic heterocycles. The van der Waals surface area contributed by atoms with E-state index in [1.807, 2.05) is 24.3 Å². The summed E-state index contributed by atoms with van der Waals surface area (Å²) in [6, 6.07) is 9.45. The number of aromatic hydroxyl groups is 1. The number of rotatable bonds is 5. The lowest BCUT2D eigenvalue weighted by molar-refractivity contribution is -0.153. The van der Waals surface area contributed by atoms with Gasteiger partial charge in [-0.05, 0) is 67.7 Å². The number of Topliss-reactive ketones (excluding diaryl/α,β-unsaturated/α-hetero) is 2. The Morgan fingerprint density at radius 3 is 2.40 bits per heavy atom. The molecule has 5 rings (SSSR count). The van der Waals surface area contributed by atoms with Gasteiger partial charge in [0.05, 0.1) is 17.9 Å². The first-order valence-electron chi connectivity index (χ1n) is 12.7. The molecule has 40 heavy (non-hydrogen) atoms. The molecular formula is C29H30N4O7. The molecule has 0 aliphatic heterocycles. The highest BCUT2D eigenvalue weighted by molar-refractivity contribution is 6.24. The van der Waals surface area contributed by atoms with Crippen LogP contribution in [-0.4, -0.2) is 81.9 Å². The van der Waals surface area contributed by atoms with Crippen molar-refractivity contribution in [2.45, 2.75) is 24.5 Å². The van der Waals surface area contributed by atoms with E-state index in [-0.39, 0.29) is 29.7 Å². The van der Waals surface area contributed by atoms with Crippen molar-refractivity contribution in [3.8, 4) is 16.9 Å². The molecule has 208 valence electrons. The predicted molar refractivity (Wildman–Crippen MR) is 148 cm³/mol. The molecule has 1 amide bonds. The summed E-state index contributed by atoms with van der Waals surface area (Å²) in [6.45, 7) is 0. The van der Waals surface area contributed by atoms with Crippen LogP contribution in [0.1, 0.15) is 17.5 Å². The summed E-state index contributed by atoms with van der Waals surface area (Å²) in [5, 5.41) is 47.8. The summed E-state index contributed by atoms with van der Waals surface area (Å²) in [5.74, 6) is -6.76. The van der Waals surface area contributed by atoms with Crippen molar-refractivity contribution in [1.29, 1.82) is 0 Å². The molecule has 2 aromatic carbocycles. The molecular weight excluding hydrogens is 516 g/mol. The van der Waals surface area contributed by atoms with Crippen LogP contribution >= 0.6 is 0 Å². The number of phenolic OH excluding ortho intramolecular Hbond substituents is 1. The fraction of sp³-hybridized carbons (Fsp3) is 0.310. The standard InChI is InChI=1S/C29H30N4O7/c1-31-12-32-15-6-4-13(5-7-15)16-8-9-19(34)21-17(16)10-14-11-18-23(33(2)3)25(36)22(28(30)39)27(38)29(18,40)26(37)20(14)24(21)35/h4-9,12,14,18,23,34-35,38,40H,10-11H2,1-3H3,(H2,30,39)(H,31,32)/t14-,18-,23-,29+/m1/s1. The molecule has 4 atom stereocenters. The number of carbonyl (C=O) groups excluding carboxylic acids is 3. The average molecular weight is 547 g/mol. The van der Waals surface area contributed by atoms with Gasteiger partial charge >= 0.3 is 0 Å². The monoisotopic (exact) mass is 546 g/mol. The van der Waals surface area contributed by atoms with Gasteiger partial charge in [0.25, 0.3) is 5.91 Å². The van der Waals surface area contributed by atoms with Crippen molar-refractivity contribution < 1.29 is 34.8 Å². The summed E-state index contributed by atoms with van der Waals surface area (Å²) in [4.78, 5) is 44.6. The molecule has 0 saturated heterocycles. The van der Waals surface area contributed by atoms with Gasteiger partial charge in [-0.25, -0.2) is 0 Å². The van der Waals surface area contributed by atoms with Crippen LogP contribution in [-0.2, 0) is 20.8 Å². The third-order valence-electron chi connectivity index (χ3n) is 8.16. The molecule has 0 bridgehead atoms. The lowest BCUT2D eigenvalue weighted by atomic mass is 9.57. The Morgan fingerprint density at radius 2 is 1.80 bits per heavy atom. The third kappa shape index (κ3) is 3.81. The Balaban J connectivity index is 1.67. The van der Waals surface area contributed by atoms with E-state index >= 15 is 0 Å². The molecule has 0 radical (unpaired) electrons. The number of benzene rings is 2. The van der Waals surface area contributed by atoms with Crippen molar-refractivity contribution >= 4 is 35.3 Å². The number of anilines is 1. The van der Waals surface area contributed by atoms with Gasteiger partial charge in [-0.3, -0.25) is 24.3 Å². The van der Waals surface area contributed by atoms with E-state index in [0.717, 1.165) is 16.8 Å². The predicted octanol–water partition coefficient (Wildman–Crippen LogP) is 1.70. The van der Waals surface area contributed by atoms with Gasteiger partial charge in [0.1, 0.15) is 22.8 Å². The lowest BCUT2D eigenvalue weighted by Gasteiger charge is -2.50. The van der Waals surface area contributed by atoms with Gasteiger partial charge in [0.15, 0.2) is 11.4 Å². The SMILES string of the molecule is CN=CNc1ccc(-c2ccc(O)c3c2C[C@@H]2C[C@@H]4[C@@H](N(C)C)C(=O)C(C(N)=O)=C(O)[C@@]4(O)C(=O)C2=C3O)cc1. The minimum atomic E-state index is -2.66. The Labute approximate surface area is 230 Å². The Hall–Kier alpha value is -4.48. The van der Waals surface area contributed by atoms with Gasteiger partial charge in [-0.15, -0.1) is 0 Å². The summed E-state index contributed by atoms with van der Waals surface area (Å²) in [5.41, 5.74) is 4.66. The zero-order valence-electron chi connectivity index (χ0n) is 22.2. The van der Waals surface area contributed by atoms with Crippen molar-refractivity contribution in [3.63, 3.8) is 0 Å². The van der Waals surface area contributed by atoms with Crippen LogP contribution < -0.4 is 11.1 Å². The largest absolute Gasteiger partial charge is 0.508 e. The molecule has 0 spiro atoms. The van der Waals surface area contributed by atoms with E-state index in [4.69, 9.17) is 5.73 Å². The number of aliphatic hydroxyl groups excluding tert-OH is 2. The van der Waals surface area contributed by atoms with Gasteiger partial charge in [-0.2, -0.15) is 0 Å². The minimum absolute atomic E-state index is 0.0278. The number of nitrogens with two attached hydrogens (primary N) is 1. The van der Waals surface area contributed by atoms with E-state index in [0.29, 0.717) is 5.56 Å². The second-order valence-electron chi connectivity index (χ2n) is 10.6. The maximum Gasteiger partial charge on any atom is 0.255 e. The quantitative estimate of drug-likeness (QED) is 0.184. The molecule has 11 heteroatoms. The number of nitrogens with zero attached hydrogens (tertiary/aromatic N) is 2. The molecule has 2 aromatic rings. The van der Waals surface area contributed by atoms with Crippen LogP contribution in [0.15, 0.2) is 58.3 Å². The van der Waals surface area contributed by atoms with Crippen LogP contribution in [0.25, 0.3) is 16.9 Å². The van der Waals surface area contributed by atoms with Crippen molar-refractivity contribution in [2.75, 3.05) is 26.5 Å². The Kier molecular flexibility index (Phi) is 6.51. The van der Waals surface area contributed by atoms with E-state index in [9.17, 15) is 34.8 Å². The van der Waals surface area contributed by atoms with E-state index in [1.54, 1.807) is 33.5 Å². The number of hydrogen-bond donors (Lipinski definition) is 6. The van der Waals surface area contributed by atoms with E-state index in [2.05, 4.69) is 10.3 Å². The number of aliphatic imine (C=N–C) groups is 1. The molecule has 3 aliphatic rings. The van der Waals surface area contributed by atoms with Crippen LogP contribution in [0.4, 0.5) is 5.69 Å². The number of likely N-dealkylation sites (N-methyl/N-ethyl adjacent to an activating group) is 1. The topological polar surface area (TPSA) is 186 Å². The number of nitrogens with one attached hydrogen (secondary N) is 1. The minimum Gasteiger partial charge on any atom is -0.508 e. The molecule has 1 fully saturated rings. The van der Waals surface area contributed by atoms with Gasteiger partial charge in [0, 0.05) is 24.2 Å². The highest BCUT2D eigenvalue weighted by atomic mass is 16.3. The summed E-state index contributed by atoms with van der Waals surface area (Å²) < 4.78 is 0. The molecule has 3 aliphatic carbocycles. The average Bonchev–Trinajstić information content (AvgIpc) is 2.89. The van der Waals surface area contributed by atoms with Crippen molar-refractivity contribution in [2.24, 2.45) is 22.6 Å². The van der Waals surface area contributed by atoms with Crippen molar-refractivity contribution in [1.82, 2.24) is 4.90 Å². The molecule has 0 heterocycles. The summed E-state index contributed by atoms with van der Waals surface area (Å²) in [7, 11) is 4.77. The highest BCUT2D eigenvalue weighted by Gasteiger charge is 2.64. The third-order valence-corrected chi connectivity index (χ3v) is 8.16. The summed E-state index contributed by atoms with van der Waals surface area (Å²) in [6.07, 6.45) is 1.79. The number of primary amides is 1. The fourth-order valence-electron chi connectivity index (χ4n) is 6.40. The zero-order chi connectivity index (χ0) is 29.1. The lowest BCUT2D eigenvalue weighted by Crippen LogP contribution is -2.65. The number of fused-ring (bicyclic) bond motifs is 3. The first-order valence-corrected chi connectivity index (χ1v) is 12.7.